The van der Waals surface area contributed by atoms with E-state index in [1.54, 1.807) is 13.8 Å². The van der Waals surface area contributed by atoms with Gasteiger partial charge in [0.05, 0.1) is 0 Å². The molecule has 0 aliphatic rings. The maximum atomic E-state index is 11.1. The number of aldehydes is 1. The van der Waals surface area contributed by atoms with E-state index in [4.69, 9.17) is 0 Å². The van der Waals surface area contributed by atoms with Crippen molar-refractivity contribution < 1.29 is 19.2 Å². The van der Waals surface area contributed by atoms with Crippen LogP contribution in [0, 0.1) is 21.7 Å². The Morgan fingerprint density at radius 2 is 0.931 bits per heavy atom. The number of carbonyl (C=O) groups is 4. The summed E-state index contributed by atoms with van der Waals surface area (Å²) in [6.07, 6.45) is 2.67. The molecule has 0 spiro atoms. The van der Waals surface area contributed by atoms with Crippen LogP contribution in [0.4, 0.5) is 0 Å². The fraction of sp³-hybridized carbons (Fsp3) is 0.840. The van der Waals surface area contributed by atoms with E-state index < -0.39 is 0 Å². The van der Waals surface area contributed by atoms with Crippen molar-refractivity contribution in [1.29, 1.82) is 0 Å². The smallest absolute Gasteiger partial charge is 0.135 e. The molecule has 0 rings (SSSR count). The van der Waals surface area contributed by atoms with Gasteiger partial charge in [-0.3, -0.25) is 9.59 Å². The molecule has 0 N–H and O–H groups in total. The average molecular weight is 415 g/mol. The van der Waals surface area contributed by atoms with Gasteiger partial charge < -0.3 is 9.59 Å². The summed E-state index contributed by atoms with van der Waals surface area (Å²) in [5.74, 6) is 0.674. The molecule has 0 heterocycles. The highest BCUT2D eigenvalue weighted by Crippen LogP contribution is 2.38. The van der Waals surface area contributed by atoms with Crippen molar-refractivity contribution in [1.82, 2.24) is 0 Å². The lowest BCUT2D eigenvalue weighted by atomic mass is 9.67. The lowest BCUT2D eigenvalue weighted by Crippen LogP contribution is -2.35. The highest BCUT2D eigenvalue weighted by Gasteiger charge is 2.36. The summed E-state index contributed by atoms with van der Waals surface area (Å²) in [5.41, 5.74) is 0.0484. The van der Waals surface area contributed by atoms with Crippen LogP contribution < -0.4 is 0 Å². The van der Waals surface area contributed by atoms with Crippen LogP contribution in [-0.2, 0) is 19.2 Å². The molecule has 0 aromatic heterocycles. The van der Waals surface area contributed by atoms with Crippen LogP contribution in [0.15, 0.2) is 0 Å². The van der Waals surface area contributed by atoms with Crippen LogP contribution in [0.1, 0.15) is 117 Å². The van der Waals surface area contributed by atoms with E-state index in [2.05, 4.69) is 41.5 Å². The van der Waals surface area contributed by atoms with Crippen LogP contribution >= 0.6 is 0 Å². The van der Waals surface area contributed by atoms with Gasteiger partial charge in [0, 0.05) is 17.3 Å². The molecule has 0 saturated heterocycles. The first kappa shape index (κ1) is 35.1. The predicted octanol–water partition coefficient (Wildman–Crippen LogP) is 6.88. The molecule has 29 heavy (non-hydrogen) atoms. The summed E-state index contributed by atoms with van der Waals surface area (Å²) in [6, 6.07) is 0. The standard InChI is InChI=1S/C9H18O.C7H14O.C6H12O.C3H6O/c1-7(10)9(5,6)8(2,3)4;1-7(2,3)5-4-6-8;1-5(7)6(2,3)4;1-3(2)4/h1-6H3;6H,4-5H2,1-3H3;1-4H3;1-2H3. The van der Waals surface area contributed by atoms with Gasteiger partial charge in [-0.05, 0) is 44.9 Å². The normalized spacial score (nSPS) is 11.4. The summed E-state index contributed by atoms with van der Waals surface area (Å²) in [7, 11) is 0. The molecule has 0 aromatic rings. The fourth-order valence-electron chi connectivity index (χ4n) is 1.02. The minimum absolute atomic E-state index is 0.0683. The molecule has 0 unspecified atom stereocenters. The molecule has 0 fully saturated rings. The molecule has 0 atom stereocenters. The van der Waals surface area contributed by atoms with Gasteiger partial charge >= 0.3 is 0 Å². The zero-order valence-electron chi connectivity index (χ0n) is 22.1. The van der Waals surface area contributed by atoms with Gasteiger partial charge in [0.15, 0.2) is 0 Å². The van der Waals surface area contributed by atoms with Crippen LogP contribution in [0.25, 0.3) is 0 Å². The van der Waals surface area contributed by atoms with Gasteiger partial charge in [-0.2, -0.15) is 0 Å². The van der Waals surface area contributed by atoms with Crippen molar-refractivity contribution >= 4 is 23.6 Å². The van der Waals surface area contributed by atoms with E-state index in [0.717, 1.165) is 12.7 Å². The van der Waals surface area contributed by atoms with Gasteiger partial charge in [0.2, 0.25) is 0 Å². The molecule has 174 valence electrons. The SMILES string of the molecule is CC(=O)C(C)(C)C.CC(=O)C(C)(C)C(C)(C)C.CC(C)(C)CCC=O.CC(C)=O. The third kappa shape index (κ3) is 26.7. The summed E-state index contributed by atoms with van der Waals surface area (Å²) in [6.45, 7) is 28.7. The van der Waals surface area contributed by atoms with E-state index in [-0.39, 0.29) is 33.6 Å². The Bertz CT molecular complexity index is 488. The second-order valence-corrected chi connectivity index (χ2v) is 11.4. The van der Waals surface area contributed by atoms with Crippen LogP contribution in [0.3, 0.4) is 0 Å². The largest absolute Gasteiger partial charge is 0.303 e. The van der Waals surface area contributed by atoms with Crippen molar-refractivity contribution in [3.05, 3.63) is 0 Å². The quantitative estimate of drug-likeness (QED) is 0.472. The molecular formula is C25H50O4. The van der Waals surface area contributed by atoms with Crippen molar-refractivity contribution in [3.63, 3.8) is 0 Å². The maximum Gasteiger partial charge on any atom is 0.135 e. The first-order valence-electron chi connectivity index (χ1n) is 10.4. The molecule has 4 heteroatoms. The molecular weight excluding hydrogens is 364 g/mol. The first-order valence-corrected chi connectivity index (χ1v) is 10.4. The Morgan fingerprint density at radius 3 is 0.966 bits per heavy atom. The Kier molecular flexibility index (Phi) is 17.7. The third-order valence-corrected chi connectivity index (χ3v) is 4.82. The number of rotatable bonds is 3. The topological polar surface area (TPSA) is 68.3 Å². The molecule has 0 aromatic carbocycles. The van der Waals surface area contributed by atoms with Crippen molar-refractivity contribution in [3.8, 4) is 0 Å². The Labute approximate surface area is 181 Å². The van der Waals surface area contributed by atoms with E-state index in [9.17, 15) is 19.2 Å². The van der Waals surface area contributed by atoms with Gasteiger partial charge in [-0.15, -0.1) is 0 Å². The van der Waals surface area contributed by atoms with Crippen LogP contribution in [0.5, 0.6) is 0 Å². The van der Waals surface area contributed by atoms with Gasteiger partial charge in [-0.25, -0.2) is 0 Å². The maximum absolute atomic E-state index is 11.1. The highest BCUT2D eigenvalue weighted by atomic mass is 16.1. The summed E-state index contributed by atoms with van der Waals surface area (Å²) >= 11 is 0. The first-order chi connectivity index (χ1) is 12.4. The van der Waals surface area contributed by atoms with Gasteiger partial charge in [0.1, 0.15) is 23.6 Å². The lowest BCUT2D eigenvalue weighted by molar-refractivity contribution is -0.130. The predicted molar refractivity (Wildman–Crippen MR) is 125 cm³/mol. The monoisotopic (exact) mass is 414 g/mol. The number of ketones is 3. The van der Waals surface area contributed by atoms with Gasteiger partial charge in [-0.1, -0.05) is 76.2 Å². The highest BCUT2D eigenvalue weighted by molar-refractivity contribution is 5.82. The van der Waals surface area contributed by atoms with Crippen molar-refractivity contribution in [2.45, 2.75) is 117 Å². The Hall–Kier alpha value is -1.32. The molecule has 0 aliphatic heterocycles. The molecule has 0 amide bonds. The summed E-state index contributed by atoms with van der Waals surface area (Å²) in [4.78, 5) is 40.9. The van der Waals surface area contributed by atoms with Crippen LogP contribution in [-0.4, -0.2) is 23.6 Å². The second-order valence-electron chi connectivity index (χ2n) is 11.4. The third-order valence-electron chi connectivity index (χ3n) is 4.82. The summed E-state index contributed by atoms with van der Waals surface area (Å²) < 4.78 is 0. The molecule has 0 radical (unpaired) electrons. The molecule has 4 nitrogen and oxygen atoms in total. The Morgan fingerprint density at radius 1 is 0.655 bits per heavy atom. The molecule has 0 aliphatic carbocycles. The number of hydrogen-bond acceptors (Lipinski definition) is 4. The molecule has 0 saturated carbocycles. The average Bonchev–Trinajstić information content (AvgIpc) is 2.42. The van der Waals surface area contributed by atoms with E-state index in [1.165, 1.54) is 13.8 Å². The van der Waals surface area contributed by atoms with Crippen molar-refractivity contribution in [2.24, 2.45) is 21.7 Å². The minimum atomic E-state index is -0.201. The summed E-state index contributed by atoms with van der Waals surface area (Å²) in [5, 5.41) is 0. The number of Topliss-reactive ketones (excluding diaryl/α,β-unsaturated/α-hetero) is 3. The second kappa shape index (κ2) is 14.6. The number of carbonyl (C=O) groups excluding carboxylic acids is 4. The van der Waals surface area contributed by atoms with E-state index >= 15 is 0 Å². The fourth-order valence-corrected chi connectivity index (χ4v) is 1.02. The number of hydrogen-bond donors (Lipinski definition) is 0. The Balaban J connectivity index is -0.000000150. The zero-order valence-corrected chi connectivity index (χ0v) is 22.1. The lowest BCUT2D eigenvalue weighted by Gasteiger charge is -2.36. The van der Waals surface area contributed by atoms with E-state index in [1.807, 2.05) is 34.6 Å². The van der Waals surface area contributed by atoms with Crippen LogP contribution in [0.2, 0.25) is 0 Å². The van der Waals surface area contributed by atoms with Crippen molar-refractivity contribution in [2.75, 3.05) is 0 Å². The molecule has 0 bridgehead atoms. The van der Waals surface area contributed by atoms with E-state index in [0.29, 0.717) is 11.8 Å². The zero-order chi connectivity index (χ0) is 24.9. The van der Waals surface area contributed by atoms with Gasteiger partial charge in [0.25, 0.3) is 0 Å². The minimum Gasteiger partial charge on any atom is -0.303 e.